The van der Waals surface area contributed by atoms with Crippen molar-refractivity contribution >= 4 is 16.9 Å². The van der Waals surface area contributed by atoms with Crippen molar-refractivity contribution in [1.29, 1.82) is 0 Å². The number of hydrogen-bond acceptors (Lipinski definition) is 4. The molecule has 0 spiro atoms. The fraction of sp³-hybridized carbons (Fsp3) is 0.455. The highest BCUT2D eigenvalue weighted by Crippen LogP contribution is 2.29. The zero-order chi connectivity index (χ0) is 11.3. The van der Waals surface area contributed by atoms with Crippen molar-refractivity contribution in [3.63, 3.8) is 0 Å². The molecule has 0 amide bonds. The van der Waals surface area contributed by atoms with E-state index in [0.717, 1.165) is 29.7 Å². The van der Waals surface area contributed by atoms with E-state index in [9.17, 15) is 0 Å². The molecule has 84 valence electrons. The topological polar surface area (TPSA) is 60.0 Å². The summed E-state index contributed by atoms with van der Waals surface area (Å²) in [6.45, 7) is 4.21. The molecule has 0 saturated carbocycles. The number of nitrogens with zero attached hydrogens (tertiary/aromatic N) is 4. The van der Waals surface area contributed by atoms with Crippen LogP contribution in [0, 0.1) is 6.92 Å². The fourth-order valence-corrected chi connectivity index (χ4v) is 2.42. The van der Waals surface area contributed by atoms with Crippen LogP contribution in [0.2, 0.25) is 0 Å². The van der Waals surface area contributed by atoms with E-state index in [-0.39, 0.29) is 0 Å². The van der Waals surface area contributed by atoms with E-state index in [1.165, 1.54) is 6.33 Å². The lowest BCUT2D eigenvalue weighted by molar-refractivity contribution is 0.143. The number of aromatic nitrogens is 3. The highest BCUT2D eigenvalue weighted by atomic mass is 15.3. The lowest BCUT2D eigenvalue weighted by atomic mass is 10.1. The summed E-state index contributed by atoms with van der Waals surface area (Å²) < 4.78 is 2.22. The molecule has 3 heterocycles. The van der Waals surface area contributed by atoms with Crippen molar-refractivity contribution in [2.24, 2.45) is 0 Å². The first-order valence-corrected chi connectivity index (χ1v) is 5.43. The van der Waals surface area contributed by atoms with Crippen LogP contribution in [-0.4, -0.2) is 39.6 Å². The summed E-state index contributed by atoms with van der Waals surface area (Å²) in [7, 11) is 2.12. The van der Waals surface area contributed by atoms with Crippen LogP contribution in [0.1, 0.15) is 11.6 Å². The Labute approximate surface area is 93.9 Å². The minimum atomic E-state index is 0.524. The molecule has 1 aliphatic rings. The highest BCUT2D eigenvalue weighted by molar-refractivity contribution is 5.89. The van der Waals surface area contributed by atoms with Gasteiger partial charge in [-0.15, -0.1) is 0 Å². The van der Waals surface area contributed by atoms with Crippen LogP contribution in [0.5, 0.6) is 0 Å². The van der Waals surface area contributed by atoms with E-state index in [1.807, 2.05) is 0 Å². The second-order valence-corrected chi connectivity index (χ2v) is 4.55. The smallest absolute Gasteiger partial charge is 0.146 e. The SMILES string of the molecule is Cc1cn(C2CN(C)C2)c2ncnc(N)c12. The van der Waals surface area contributed by atoms with Gasteiger partial charge in [-0.05, 0) is 19.5 Å². The molecule has 0 radical (unpaired) electrons. The number of nitrogens with two attached hydrogens (primary N) is 1. The van der Waals surface area contributed by atoms with Crippen molar-refractivity contribution in [3.05, 3.63) is 18.1 Å². The second-order valence-electron chi connectivity index (χ2n) is 4.55. The quantitative estimate of drug-likeness (QED) is 0.768. The van der Waals surface area contributed by atoms with E-state index in [2.05, 4.69) is 39.6 Å². The standard InChI is InChI=1S/C11H15N5/c1-7-3-16(8-4-15(2)5-8)11-9(7)10(12)13-6-14-11/h3,6,8H,4-5H2,1-2H3,(H2,12,13,14). The lowest BCUT2D eigenvalue weighted by Gasteiger charge is -2.37. The zero-order valence-electron chi connectivity index (χ0n) is 9.51. The number of likely N-dealkylation sites (N-methyl/N-ethyl adjacent to an activating group) is 1. The maximum atomic E-state index is 5.88. The minimum absolute atomic E-state index is 0.524. The van der Waals surface area contributed by atoms with Crippen LogP contribution in [0.4, 0.5) is 5.82 Å². The Hall–Kier alpha value is -1.62. The van der Waals surface area contributed by atoms with Gasteiger partial charge >= 0.3 is 0 Å². The first-order chi connectivity index (χ1) is 7.66. The van der Waals surface area contributed by atoms with Gasteiger partial charge in [0.2, 0.25) is 0 Å². The molecule has 1 fully saturated rings. The second kappa shape index (κ2) is 3.18. The summed E-state index contributed by atoms with van der Waals surface area (Å²) in [4.78, 5) is 10.7. The molecule has 0 atom stereocenters. The number of fused-ring (bicyclic) bond motifs is 1. The Bertz CT molecular complexity index is 539. The first-order valence-electron chi connectivity index (χ1n) is 5.43. The maximum Gasteiger partial charge on any atom is 0.146 e. The molecule has 16 heavy (non-hydrogen) atoms. The van der Waals surface area contributed by atoms with E-state index < -0.39 is 0 Å². The number of anilines is 1. The lowest BCUT2D eigenvalue weighted by Crippen LogP contribution is -2.44. The number of rotatable bonds is 1. The van der Waals surface area contributed by atoms with Gasteiger partial charge in [0.1, 0.15) is 17.8 Å². The summed E-state index contributed by atoms with van der Waals surface area (Å²) in [5.74, 6) is 0.578. The number of aryl methyl sites for hydroxylation is 1. The molecule has 2 N–H and O–H groups in total. The maximum absolute atomic E-state index is 5.88. The zero-order valence-corrected chi connectivity index (χ0v) is 9.51. The van der Waals surface area contributed by atoms with E-state index in [0.29, 0.717) is 11.9 Å². The number of nitrogen functional groups attached to an aromatic ring is 1. The van der Waals surface area contributed by atoms with Gasteiger partial charge < -0.3 is 15.2 Å². The third-order valence-electron chi connectivity index (χ3n) is 3.27. The molecule has 5 nitrogen and oxygen atoms in total. The summed E-state index contributed by atoms with van der Waals surface area (Å²) in [6.07, 6.45) is 3.67. The Balaban J connectivity index is 2.16. The van der Waals surface area contributed by atoms with Gasteiger partial charge in [-0.25, -0.2) is 9.97 Å². The Morgan fingerprint density at radius 2 is 2.12 bits per heavy atom. The summed E-state index contributed by atoms with van der Waals surface area (Å²) in [6, 6.07) is 0.524. The van der Waals surface area contributed by atoms with Crippen LogP contribution in [0.3, 0.4) is 0 Å². The van der Waals surface area contributed by atoms with E-state index >= 15 is 0 Å². The summed E-state index contributed by atoms with van der Waals surface area (Å²) in [5, 5.41) is 0.997. The molecule has 0 bridgehead atoms. The molecule has 2 aromatic heterocycles. The Morgan fingerprint density at radius 1 is 1.38 bits per heavy atom. The van der Waals surface area contributed by atoms with Crippen LogP contribution in [-0.2, 0) is 0 Å². The van der Waals surface area contributed by atoms with Crippen LogP contribution >= 0.6 is 0 Å². The van der Waals surface area contributed by atoms with Gasteiger partial charge in [0.05, 0.1) is 11.4 Å². The van der Waals surface area contributed by atoms with Crippen LogP contribution < -0.4 is 5.73 Å². The predicted molar refractivity (Wildman–Crippen MR) is 63.2 cm³/mol. The normalized spacial score (nSPS) is 17.9. The molecule has 3 rings (SSSR count). The van der Waals surface area contributed by atoms with Gasteiger partial charge in [0, 0.05) is 19.3 Å². The number of hydrogen-bond donors (Lipinski definition) is 1. The predicted octanol–water partition coefficient (Wildman–Crippen LogP) is 0.808. The van der Waals surface area contributed by atoms with Crippen molar-refractivity contribution in [2.45, 2.75) is 13.0 Å². The molecule has 0 aromatic carbocycles. The molecule has 0 aliphatic carbocycles. The van der Waals surface area contributed by atoms with Crippen molar-refractivity contribution in [1.82, 2.24) is 19.4 Å². The average molecular weight is 217 g/mol. The largest absolute Gasteiger partial charge is 0.383 e. The molecular weight excluding hydrogens is 202 g/mol. The van der Waals surface area contributed by atoms with Crippen LogP contribution in [0.25, 0.3) is 11.0 Å². The average Bonchev–Trinajstić information content (AvgIpc) is 2.53. The van der Waals surface area contributed by atoms with Gasteiger partial charge in [-0.1, -0.05) is 0 Å². The minimum Gasteiger partial charge on any atom is -0.383 e. The molecule has 5 heteroatoms. The van der Waals surface area contributed by atoms with Gasteiger partial charge in [0.25, 0.3) is 0 Å². The fourth-order valence-electron chi connectivity index (χ4n) is 2.42. The van der Waals surface area contributed by atoms with Crippen molar-refractivity contribution in [3.8, 4) is 0 Å². The Kier molecular flexibility index (Phi) is 1.91. The van der Waals surface area contributed by atoms with E-state index in [4.69, 9.17) is 5.73 Å². The third-order valence-corrected chi connectivity index (χ3v) is 3.27. The summed E-state index contributed by atoms with van der Waals surface area (Å²) >= 11 is 0. The van der Waals surface area contributed by atoms with Gasteiger partial charge in [0.15, 0.2) is 0 Å². The Morgan fingerprint density at radius 3 is 2.81 bits per heavy atom. The monoisotopic (exact) mass is 217 g/mol. The summed E-state index contributed by atoms with van der Waals surface area (Å²) in [5.41, 5.74) is 8.00. The van der Waals surface area contributed by atoms with Gasteiger partial charge in [-0.2, -0.15) is 0 Å². The van der Waals surface area contributed by atoms with E-state index in [1.54, 1.807) is 0 Å². The molecule has 0 unspecified atom stereocenters. The molecule has 1 saturated heterocycles. The molecule has 2 aromatic rings. The molecular formula is C11H15N5. The van der Waals surface area contributed by atoms with Crippen molar-refractivity contribution < 1.29 is 0 Å². The first kappa shape index (κ1) is 9.59. The van der Waals surface area contributed by atoms with Crippen molar-refractivity contribution in [2.75, 3.05) is 25.9 Å². The highest BCUT2D eigenvalue weighted by Gasteiger charge is 2.27. The van der Waals surface area contributed by atoms with Crippen LogP contribution in [0.15, 0.2) is 12.5 Å². The third kappa shape index (κ3) is 1.21. The van der Waals surface area contributed by atoms with Gasteiger partial charge in [-0.3, -0.25) is 0 Å². The molecule has 1 aliphatic heterocycles. The number of likely N-dealkylation sites (tertiary alicyclic amines) is 1.